The lowest BCUT2D eigenvalue weighted by Crippen LogP contribution is -2.37. The summed E-state index contributed by atoms with van der Waals surface area (Å²) in [5.74, 6) is -3.24. The SMILES string of the molecule is COC(=O)c1ccc(C(=O)OC)c(NC(=O)CN2C(=O)c3ccccc3S2(=O)=O)c1. The lowest BCUT2D eigenvalue weighted by Gasteiger charge is -2.16. The van der Waals surface area contributed by atoms with Crippen molar-refractivity contribution in [3.8, 4) is 0 Å². The fourth-order valence-corrected chi connectivity index (χ4v) is 4.41. The molecule has 0 saturated carbocycles. The molecule has 0 fully saturated rings. The third-order valence-electron chi connectivity index (χ3n) is 4.32. The summed E-state index contributed by atoms with van der Waals surface area (Å²) in [6.07, 6.45) is 0. The Hall–Kier alpha value is -3.73. The van der Waals surface area contributed by atoms with Gasteiger partial charge < -0.3 is 14.8 Å². The molecule has 3 rings (SSSR count). The molecular weight excluding hydrogens is 416 g/mol. The van der Waals surface area contributed by atoms with E-state index in [9.17, 15) is 27.6 Å². The van der Waals surface area contributed by atoms with Crippen LogP contribution >= 0.6 is 0 Å². The van der Waals surface area contributed by atoms with Gasteiger partial charge in [-0.3, -0.25) is 9.59 Å². The van der Waals surface area contributed by atoms with Crippen LogP contribution in [0.2, 0.25) is 0 Å². The van der Waals surface area contributed by atoms with Crippen molar-refractivity contribution in [2.24, 2.45) is 0 Å². The fourth-order valence-electron chi connectivity index (χ4n) is 2.89. The van der Waals surface area contributed by atoms with E-state index >= 15 is 0 Å². The number of hydrogen-bond acceptors (Lipinski definition) is 8. The number of carbonyl (C=O) groups excluding carboxylic acids is 4. The first-order valence-electron chi connectivity index (χ1n) is 8.47. The molecule has 0 unspecified atom stereocenters. The largest absolute Gasteiger partial charge is 0.465 e. The van der Waals surface area contributed by atoms with Gasteiger partial charge in [0.15, 0.2) is 0 Å². The Morgan fingerprint density at radius 2 is 1.67 bits per heavy atom. The highest BCUT2D eigenvalue weighted by molar-refractivity contribution is 7.90. The zero-order valence-corrected chi connectivity index (χ0v) is 16.7. The summed E-state index contributed by atoms with van der Waals surface area (Å²) in [4.78, 5) is 48.5. The van der Waals surface area contributed by atoms with Crippen LogP contribution in [0.3, 0.4) is 0 Å². The molecule has 0 saturated heterocycles. The highest BCUT2D eigenvalue weighted by Gasteiger charge is 2.41. The molecule has 0 bridgehead atoms. The minimum atomic E-state index is -4.18. The molecule has 11 heteroatoms. The summed E-state index contributed by atoms with van der Waals surface area (Å²) < 4.78 is 34.8. The molecule has 1 N–H and O–H groups in total. The Balaban J connectivity index is 1.89. The number of nitrogens with one attached hydrogen (secondary N) is 1. The van der Waals surface area contributed by atoms with Crippen molar-refractivity contribution in [3.05, 3.63) is 59.2 Å². The number of nitrogens with zero attached hydrogens (tertiary/aromatic N) is 1. The first-order valence-corrected chi connectivity index (χ1v) is 9.91. The maximum Gasteiger partial charge on any atom is 0.339 e. The van der Waals surface area contributed by atoms with Crippen molar-refractivity contribution < 1.29 is 37.1 Å². The number of fused-ring (bicyclic) bond motifs is 1. The van der Waals surface area contributed by atoms with E-state index < -0.39 is 40.3 Å². The normalized spacial score (nSPS) is 14.1. The number of benzene rings is 2. The van der Waals surface area contributed by atoms with E-state index in [1.54, 1.807) is 0 Å². The van der Waals surface area contributed by atoms with Crippen LogP contribution in [0.4, 0.5) is 5.69 Å². The van der Waals surface area contributed by atoms with Crippen molar-refractivity contribution in [1.82, 2.24) is 4.31 Å². The van der Waals surface area contributed by atoms with Gasteiger partial charge in [-0.15, -0.1) is 0 Å². The number of ether oxygens (including phenoxy) is 2. The minimum absolute atomic E-state index is 0.0340. The maximum absolute atomic E-state index is 12.6. The van der Waals surface area contributed by atoms with E-state index in [-0.39, 0.29) is 27.3 Å². The summed E-state index contributed by atoms with van der Waals surface area (Å²) in [6.45, 7) is -0.821. The quantitative estimate of drug-likeness (QED) is 0.692. The maximum atomic E-state index is 12.6. The van der Waals surface area contributed by atoms with E-state index in [1.807, 2.05) is 0 Å². The van der Waals surface area contributed by atoms with Crippen molar-refractivity contribution in [3.63, 3.8) is 0 Å². The zero-order chi connectivity index (χ0) is 22.1. The number of hydrogen-bond donors (Lipinski definition) is 1. The molecule has 1 heterocycles. The Morgan fingerprint density at radius 3 is 2.30 bits per heavy atom. The summed E-state index contributed by atoms with van der Waals surface area (Å²) in [5.41, 5.74) is -0.167. The predicted molar refractivity (Wildman–Crippen MR) is 102 cm³/mol. The summed E-state index contributed by atoms with van der Waals surface area (Å²) in [5, 5.41) is 2.35. The van der Waals surface area contributed by atoms with Gasteiger partial charge in [0.1, 0.15) is 11.4 Å². The number of anilines is 1. The molecule has 0 atom stereocenters. The summed E-state index contributed by atoms with van der Waals surface area (Å²) in [7, 11) is -1.89. The first kappa shape index (κ1) is 21.0. The summed E-state index contributed by atoms with van der Waals surface area (Å²) in [6, 6.07) is 9.34. The molecule has 1 aliphatic heterocycles. The van der Waals surface area contributed by atoms with Gasteiger partial charge in [0.05, 0.1) is 36.6 Å². The predicted octanol–water partition coefficient (Wildman–Crippen LogP) is 1.04. The average molecular weight is 432 g/mol. The molecule has 0 aromatic heterocycles. The van der Waals surface area contributed by atoms with Gasteiger partial charge in [0.2, 0.25) is 5.91 Å². The number of amides is 2. The monoisotopic (exact) mass is 432 g/mol. The Bertz CT molecular complexity index is 1170. The standard InChI is InChI=1S/C19H16N2O8S/c1-28-18(24)11-7-8-12(19(25)29-2)14(9-11)20-16(22)10-21-17(23)13-5-3-4-6-15(13)30(21,26)27/h3-9H,10H2,1-2H3,(H,20,22). The highest BCUT2D eigenvalue weighted by atomic mass is 32.2. The van der Waals surface area contributed by atoms with Gasteiger partial charge in [-0.1, -0.05) is 12.1 Å². The molecule has 30 heavy (non-hydrogen) atoms. The van der Waals surface area contributed by atoms with Crippen LogP contribution in [0.5, 0.6) is 0 Å². The molecule has 1 aliphatic rings. The van der Waals surface area contributed by atoms with E-state index in [0.717, 1.165) is 14.2 Å². The molecule has 0 spiro atoms. The fraction of sp³-hybridized carbons (Fsp3) is 0.158. The van der Waals surface area contributed by atoms with Gasteiger partial charge in [-0.05, 0) is 30.3 Å². The van der Waals surface area contributed by atoms with Crippen LogP contribution in [0.15, 0.2) is 47.4 Å². The Kier molecular flexibility index (Phi) is 5.56. The van der Waals surface area contributed by atoms with E-state index in [1.165, 1.54) is 42.5 Å². The Morgan fingerprint density at radius 1 is 1.00 bits per heavy atom. The van der Waals surface area contributed by atoms with E-state index in [0.29, 0.717) is 4.31 Å². The van der Waals surface area contributed by atoms with Crippen LogP contribution in [-0.4, -0.2) is 57.2 Å². The Labute approximate surface area is 171 Å². The molecule has 0 aliphatic carbocycles. The van der Waals surface area contributed by atoms with Crippen molar-refractivity contribution in [2.45, 2.75) is 4.90 Å². The molecule has 2 aromatic rings. The number of esters is 2. The average Bonchev–Trinajstić information content (AvgIpc) is 2.93. The van der Waals surface area contributed by atoms with Crippen LogP contribution in [0, 0.1) is 0 Å². The van der Waals surface area contributed by atoms with E-state index in [2.05, 4.69) is 14.8 Å². The molecule has 0 radical (unpaired) electrons. The number of carbonyl (C=O) groups is 4. The third-order valence-corrected chi connectivity index (χ3v) is 6.11. The number of methoxy groups -OCH3 is 2. The smallest absolute Gasteiger partial charge is 0.339 e. The molecule has 10 nitrogen and oxygen atoms in total. The lowest BCUT2D eigenvalue weighted by molar-refractivity contribution is -0.116. The van der Waals surface area contributed by atoms with Gasteiger partial charge in [0, 0.05) is 0 Å². The second-order valence-corrected chi connectivity index (χ2v) is 7.94. The molecule has 2 amide bonds. The molecule has 2 aromatic carbocycles. The topological polar surface area (TPSA) is 136 Å². The van der Waals surface area contributed by atoms with Crippen molar-refractivity contribution >= 4 is 39.5 Å². The number of rotatable bonds is 5. The lowest BCUT2D eigenvalue weighted by atomic mass is 10.1. The van der Waals surface area contributed by atoms with Gasteiger partial charge in [-0.2, -0.15) is 0 Å². The van der Waals surface area contributed by atoms with Gasteiger partial charge in [-0.25, -0.2) is 22.3 Å². The van der Waals surface area contributed by atoms with Crippen LogP contribution in [0.25, 0.3) is 0 Å². The number of sulfonamides is 1. The second kappa shape index (κ2) is 7.95. The summed E-state index contributed by atoms with van der Waals surface area (Å²) >= 11 is 0. The van der Waals surface area contributed by atoms with Gasteiger partial charge in [0.25, 0.3) is 15.9 Å². The first-order chi connectivity index (χ1) is 14.2. The molecule has 156 valence electrons. The zero-order valence-electron chi connectivity index (χ0n) is 15.9. The van der Waals surface area contributed by atoms with Crippen LogP contribution in [0.1, 0.15) is 31.1 Å². The van der Waals surface area contributed by atoms with Crippen LogP contribution in [-0.2, 0) is 24.3 Å². The van der Waals surface area contributed by atoms with E-state index in [4.69, 9.17) is 0 Å². The van der Waals surface area contributed by atoms with Crippen molar-refractivity contribution in [1.29, 1.82) is 0 Å². The van der Waals surface area contributed by atoms with Crippen LogP contribution < -0.4 is 5.32 Å². The second-order valence-electron chi connectivity index (χ2n) is 6.10. The minimum Gasteiger partial charge on any atom is -0.465 e. The molecular formula is C19H16N2O8S. The third kappa shape index (κ3) is 3.62. The van der Waals surface area contributed by atoms with Gasteiger partial charge >= 0.3 is 11.9 Å². The van der Waals surface area contributed by atoms with Crippen molar-refractivity contribution in [2.75, 3.05) is 26.1 Å². The highest BCUT2D eigenvalue weighted by Crippen LogP contribution is 2.29.